The van der Waals surface area contributed by atoms with E-state index < -0.39 is 0 Å². The highest BCUT2D eigenvalue weighted by Crippen LogP contribution is 2.33. The molecule has 3 nitrogen and oxygen atoms in total. The van der Waals surface area contributed by atoms with Crippen molar-refractivity contribution in [3.8, 4) is 22.6 Å². The number of ether oxygens (including phenoxy) is 2. The molecule has 0 radical (unpaired) electrons. The van der Waals surface area contributed by atoms with Crippen molar-refractivity contribution in [3.63, 3.8) is 0 Å². The van der Waals surface area contributed by atoms with E-state index in [0.717, 1.165) is 23.2 Å². The maximum atomic E-state index is 11.2. The second-order valence-electron chi connectivity index (χ2n) is 3.77. The molecule has 0 aromatic heterocycles. The third-order valence-electron chi connectivity index (χ3n) is 2.78. The van der Waals surface area contributed by atoms with Crippen molar-refractivity contribution in [3.05, 3.63) is 48.0 Å². The van der Waals surface area contributed by atoms with Crippen LogP contribution in [0, 0.1) is 0 Å². The van der Waals surface area contributed by atoms with Crippen LogP contribution < -0.4 is 9.47 Å². The number of rotatable bonds is 4. The lowest BCUT2D eigenvalue weighted by Crippen LogP contribution is -1.93. The van der Waals surface area contributed by atoms with Crippen molar-refractivity contribution in [2.45, 2.75) is 0 Å². The van der Waals surface area contributed by atoms with Crippen molar-refractivity contribution in [1.29, 1.82) is 0 Å². The molecule has 0 aliphatic carbocycles. The molecule has 0 heterocycles. The van der Waals surface area contributed by atoms with Crippen molar-refractivity contribution in [2.24, 2.45) is 0 Å². The van der Waals surface area contributed by atoms with Crippen LogP contribution in [0.3, 0.4) is 0 Å². The molecule has 3 heteroatoms. The van der Waals surface area contributed by atoms with Crippen LogP contribution in [0.4, 0.5) is 0 Å². The van der Waals surface area contributed by atoms with Gasteiger partial charge in [-0.1, -0.05) is 18.2 Å². The minimum Gasteiger partial charge on any atom is -0.497 e. The number of carbonyl (C=O) groups is 1. The Kier molecular flexibility index (Phi) is 3.63. The Labute approximate surface area is 106 Å². The van der Waals surface area contributed by atoms with E-state index in [9.17, 15) is 4.79 Å². The first kappa shape index (κ1) is 12.2. The Morgan fingerprint density at radius 2 is 1.72 bits per heavy atom. The van der Waals surface area contributed by atoms with Crippen LogP contribution in [0.25, 0.3) is 11.1 Å². The molecule has 18 heavy (non-hydrogen) atoms. The number of para-hydroxylation sites is 1. The number of benzene rings is 2. The maximum Gasteiger partial charge on any atom is 0.150 e. The summed E-state index contributed by atoms with van der Waals surface area (Å²) < 4.78 is 10.4. The van der Waals surface area contributed by atoms with Crippen LogP contribution in [0.1, 0.15) is 10.4 Å². The average Bonchev–Trinajstić information content (AvgIpc) is 2.46. The van der Waals surface area contributed by atoms with Crippen LogP contribution in [-0.2, 0) is 0 Å². The third kappa shape index (κ3) is 2.20. The van der Waals surface area contributed by atoms with Crippen LogP contribution in [0.5, 0.6) is 11.5 Å². The van der Waals surface area contributed by atoms with Gasteiger partial charge in [-0.25, -0.2) is 0 Å². The molecule has 2 rings (SSSR count). The van der Waals surface area contributed by atoms with Gasteiger partial charge in [-0.2, -0.15) is 0 Å². The normalized spacial score (nSPS) is 9.89. The van der Waals surface area contributed by atoms with Crippen molar-refractivity contribution in [1.82, 2.24) is 0 Å². The smallest absolute Gasteiger partial charge is 0.150 e. The summed E-state index contributed by atoms with van der Waals surface area (Å²) in [6, 6.07) is 13.0. The quantitative estimate of drug-likeness (QED) is 0.772. The topological polar surface area (TPSA) is 35.5 Å². The maximum absolute atomic E-state index is 11.2. The van der Waals surface area contributed by atoms with Gasteiger partial charge in [0.2, 0.25) is 0 Å². The van der Waals surface area contributed by atoms with Crippen LogP contribution in [0.2, 0.25) is 0 Å². The Morgan fingerprint density at radius 1 is 0.944 bits per heavy atom. The van der Waals surface area contributed by atoms with E-state index in [1.54, 1.807) is 20.3 Å². The molecule has 92 valence electrons. The molecular formula is C15H14O3. The fraction of sp³-hybridized carbons (Fsp3) is 0.133. The van der Waals surface area contributed by atoms with Gasteiger partial charge in [-0.3, -0.25) is 4.79 Å². The standard InChI is InChI=1S/C15H14O3/c1-17-12-7-8-13(11(9-12)10-16)14-5-3-4-6-15(14)18-2/h3-10H,1-2H3. The van der Waals surface area contributed by atoms with Gasteiger partial charge in [0.05, 0.1) is 14.2 Å². The van der Waals surface area contributed by atoms with Crippen LogP contribution in [0.15, 0.2) is 42.5 Å². The van der Waals surface area contributed by atoms with E-state index >= 15 is 0 Å². The van der Waals surface area contributed by atoms with E-state index in [-0.39, 0.29) is 0 Å². The molecule has 0 unspecified atom stereocenters. The van der Waals surface area contributed by atoms with Crippen LogP contribution >= 0.6 is 0 Å². The predicted molar refractivity (Wildman–Crippen MR) is 70.4 cm³/mol. The van der Waals surface area contributed by atoms with Gasteiger partial charge in [0.25, 0.3) is 0 Å². The first-order chi connectivity index (χ1) is 8.80. The highest BCUT2D eigenvalue weighted by molar-refractivity contribution is 5.89. The Bertz CT molecular complexity index is 561. The predicted octanol–water partition coefficient (Wildman–Crippen LogP) is 3.18. The van der Waals surface area contributed by atoms with Gasteiger partial charge >= 0.3 is 0 Å². The molecule has 0 saturated heterocycles. The molecule has 0 atom stereocenters. The highest BCUT2D eigenvalue weighted by Gasteiger charge is 2.10. The molecule has 0 N–H and O–H groups in total. The minimum atomic E-state index is 0.582. The monoisotopic (exact) mass is 242 g/mol. The molecule has 2 aromatic carbocycles. The second kappa shape index (κ2) is 5.36. The van der Waals surface area contributed by atoms with Crippen LogP contribution in [-0.4, -0.2) is 20.5 Å². The van der Waals surface area contributed by atoms with Gasteiger partial charge < -0.3 is 9.47 Å². The molecule has 0 aliphatic heterocycles. The van der Waals surface area contributed by atoms with Crippen molar-refractivity contribution in [2.75, 3.05) is 14.2 Å². The number of carbonyl (C=O) groups excluding carboxylic acids is 1. The zero-order chi connectivity index (χ0) is 13.0. The first-order valence-electron chi connectivity index (χ1n) is 5.56. The lowest BCUT2D eigenvalue weighted by atomic mass is 9.99. The van der Waals surface area contributed by atoms with Gasteiger partial charge in [0, 0.05) is 11.1 Å². The molecule has 0 spiro atoms. The van der Waals surface area contributed by atoms with Gasteiger partial charge in [0.1, 0.15) is 11.5 Å². The molecular weight excluding hydrogens is 228 g/mol. The second-order valence-corrected chi connectivity index (χ2v) is 3.77. The van der Waals surface area contributed by atoms with E-state index in [1.165, 1.54) is 0 Å². The van der Waals surface area contributed by atoms with Gasteiger partial charge in [-0.05, 0) is 29.8 Å². The number of aldehydes is 1. The lowest BCUT2D eigenvalue weighted by Gasteiger charge is -2.11. The van der Waals surface area contributed by atoms with E-state index in [0.29, 0.717) is 11.3 Å². The Morgan fingerprint density at radius 3 is 2.39 bits per heavy atom. The summed E-state index contributed by atoms with van der Waals surface area (Å²) in [5.74, 6) is 1.40. The zero-order valence-corrected chi connectivity index (χ0v) is 10.3. The molecule has 0 bridgehead atoms. The first-order valence-corrected chi connectivity index (χ1v) is 5.56. The summed E-state index contributed by atoms with van der Waals surface area (Å²) in [5, 5.41) is 0. The highest BCUT2D eigenvalue weighted by atomic mass is 16.5. The van der Waals surface area contributed by atoms with E-state index in [1.807, 2.05) is 36.4 Å². The summed E-state index contributed by atoms with van der Waals surface area (Å²) >= 11 is 0. The fourth-order valence-corrected chi connectivity index (χ4v) is 1.88. The Hall–Kier alpha value is -2.29. The van der Waals surface area contributed by atoms with Crippen molar-refractivity contribution < 1.29 is 14.3 Å². The molecule has 0 saturated carbocycles. The molecule has 0 amide bonds. The third-order valence-corrected chi connectivity index (χ3v) is 2.78. The summed E-state index contributed by atoms with van der Waals surface area (Å²) in [6.45, 7) is 0. The van der Waals surface area contributed by atoms with Gasteiger partial charge in [0.15, 0.2) is 6.29 Å². The molecule has 2 aromatic rings. The van der Waals surface area contributed by atoms with Gasteiger partial charge in [-0.15, -0.1) is 0 Å². The largest absolute Gasteiger partial charge is 0.497 e. The lowest BCUT2D eigenvalue weighted by molar-refractivity contribution is 0.112. The van der Waals surface area contributed by atoms with E-state index in [4.69, 9.17) is 9.47 Å². The van der Waals surface area contributed by atoms with Crippen molar-refractivity contribution >= 4 is 6.29 Å². The molecule has 0 fully saturated rings. The number of methoxy groups -OCH3 is 2. The summed E-state index contributed by atoms with van der Waals surface area (Å²) in [4.78, 5) is 11.2. The number of hydrogen-bond acceptors (Lipinski definition) is 3. The number of hydrogen-bond donors (Lipinski definition) is 0. The van der Waals surface area contributed by atoms with E-state index in [2.05, 4.69) is 0 Å². The average molecular weight is 242 g/mol. The SMILES string of the molecule is COc1ccc(-c2ccccc2OC)c(C=O)c1. The Balaban J connectivity index is 2.59. The fourth-order valence-electron chi connectivity index (χ4n) is 1.88. The summed E-state index contributed by atoms with van der Waals surface area (Å²) in [7, 11) is 3.19. The minimum absolute atomic E-state index is 0.582. The molecule has 0 aliphatic rings. The zero-order valence-electron chi connectivity index (χ0n) is 10.3. The summed E-state index contributed by atoms with van der Waals surface area (Å²) in [5.41, 5.74) is 2.31. The summed E-state index contributed by atoms with van der Waals surface area (Å²) in [6.07, 6.45) is 0.824.